The Labute approximate surface area is 125 Å². The molecule has 1 saturated heterocycles. The minimum absolute atomic E-state index is 0.0289. The first-order valence-corrected chi connectivity index (χ1v) is 7.45. The van der Waals surface area contributed by atoms with E-state index >= 15 is 0 Å². The molecule has 0 atom stereocenters. The van der Waals surface area contributed by atoms with Crippen LogP contribution in [0, 0.1) is 0 Å². The maximum absolute atomic E-state index is 12.4. The Morgan fingerprint density at radius 1 is 1.00 bits per heavy atom. The molecule has 2 amide bonds. The number of hydrogen-bond acceptors (Lipinski definition) is 3. The molecule has 1 aromatic rings. The molecule has 0 bridgehead atoms. The third-order valence-corrected chi connectivity index (χ3v) is 3.70. The molecule has 21 heavy (non-hydrogen) atoms. The fourth-order valence-electron chi connectivity index (χ4n) is 2.37. The average Bonchev–Trinajstić information content (AvgIpc) is 2.54. The van der Waals surface area contributed by atoms with Crippen LogP contribution in [0.25, 0.3) is 0 Å². The van der Waals surface area contributed by atoms with E-state index in [0.717, 1.165) is 6.42 Å². The van der Waals surface area contributed by atoms with Crippen molar-refractivity contribution in [2.24, 2.45) is 0 Å². The molecule has 1 aliphatic rings. The number of piperazine rings is 1. The standard InChI is InChI=1S/C16H22N2O3/c1-3-13-5-7-14(8-6-13)15(19)17-9-11-18(12-10-17)16(20)21-4-2/h5-8H,3-4,9-12H2,1-2H3. The van der Waals surface area contributed by atoms with E-state index in [9.17, 15) is 9.59 Å². The second-order valence-corrected chi connectivity index (χ2v) is 5.03. The molecule has 5 heteroatoms. The molecule has 114 valence electrons. The first-order valence-electron chi connectivity index (χ1n) is 7.45. The summed E-state index contributed by atoms with van der Waals surface area (Å²) < 4.78 is 4.97. The number of nitrogens with zero attached hydrogens (tertiary/aromatic N) is 2. The Kier molecular flexibility index (Phi) is 5.20. The largest absolute Gasteiger partial charge is 0.450 e. The Morgan fingerprint density at radius 2 is 1.57 bits per heavy atom. The Balaban J connectivity index is 1.92. The van der Waals surface area contributed by atoms with Crippen molar-refractivity contribution in [3.8, 4) is 0 Å². The first-order chi connectivity index (χ1) is 10.2. The SMILES string of the molecule is CCOC(=O)N1CCN(C(=O)c2ccc(CC)cc2)CC1. The van der Waals surface area contributed by atoms with Crippen molar-refractivity contribution in [3.63, 3.8) is 0 Å². The fourth-order valence-corrected chi connectivity index (χ4v) is 2.37. The van der Waals surface area contributed by atoms with E-state index in [4.69, 9.17) is 4.74 Å². The third kappa shape index (κ3) is 3.74. The summed E-state index contributed by atoms with van der Waals surface area (Å²) in [5.74, 6) is 0.0289. The highest BCUT2D eigenvalue weighted by atomic mass is 16.6. The lowest BCUT2D eigenvalue weighted by atomic mass is 10.1. The zero-order valence-corrected chi connectivity index (χ0v) is 12.7. The van der Waals surface area contributed by atoms with Gasteiger partial charge in [-0.25, -0.2) is 4.79 Å². The van der Waals surface area contributed by atoms with Crippen LogP contribution in [-0.4, -0.2) is 54.6 Å². The average molecular weight is 290 g/mol. The van der Waals surface area contributed by atoms with E-state index < -0.39 is 0 Å². The molecule has 0 aromatic heterocycles. The lowest BCUT2D eigenvalue weighted by Gasteiger charge is -2.34. The van der Waals surface area contributed by atoms with Crippen molar-refractivity contribution < 1.29 is 14.3 Å². The van der Waals surface area contributed by atoms with Gasteiger partial charge in [0.05, 0.1) is 6.61 Å². The van der Waals surface area contributed by atoms with Gasteiger partial charge in [-0.05, 0) is 31.0 Å². The van der Waals surface area contributed by atoms with Crippen LogP contribution >= 0.6 is 0 Å². The van der Waals surface area contributed by atoms with Gasteiger partial charge in [0.2, 0.25) is 0 Å². The highest BCUT2D eigenvalue weighted by Crippen LogP contribution is 2.11. The van der Waals surface area contributed by atoms with E-state index in [1.54, 1.807) is 16.7 Å². The van der Waals surface area contributed by atoms with E-state index in [-0.39, 0.29) is 12.0 Å². The summed E-state index contributed by atoms with van der Waals surface area (Å²) in [6, 6.07) is 7.72. The molecule has 0 aliphatic carbocycles. The topological polar surface area (TPSA) is 49.9 Å². The number of hydrogen-bond donors (Lipinski definition) is 0. The summed E-state index contributed by atoms with van der Waals surface area (Å²) in [6.07, 6.45) is 0.670. The van der Waals surface area contributed by atoms with Gasteiger partial charge in [0.1, 0.15) is 0 Å². The van der Waals surface area contributed by atoms with Crippen molar-refractivity contribution in [3.05, 3.63) is 35.4 Å². The van der Waals surface area contributed by atoms with Crippen LogP contribution in [0.3, 0.4) is 0 Å². The summed E-state index contributed by atoms with van der Waals surface area (Å²) in [7, 11) is 0. The Morgan fingerprint density at radius 3 is 2.10 bits per heavy atom. The summed E-state index contributed by atoms with van der Waals surface area (Å²) in [6.45, 7) is 6.40. The molecule has 0 N–H and O–H groups in total. The van der Waals surface area contributed by atoms with Gasteiger partial charge in [-0.2, -0.15) is 0 Å². The van der Waals surface area contributed by atoms with E-state index in [1.807, 2.05) is 24.3 Å². The Hall–Kier alpha value is -2.04. The van der Waals surface area contributed by atoms with Gasteiger partial charge in [-0.3, -0.25) is 4.79 Å². The summed E-state index contributed by atoms with van der Waals surface area (Å²) in [5.41, 5.74) is 1.93. The van der Waals surface area contributed by atoms with Crippen molar-refractivity contribution in [1.29, 1.82) is 0 Å². The number of rotatable bonds is 3. The molecule has 0 radical (unpaired) electrons. The van der Waals surface area contributed by atoms with Crippen LogP contribution in [0.4, 0.5) is 4.79 Å². The lowest BCUT2D eigenvalue weighted by Crippen LogP contribution is -2.50. The molecule has 5 nitrogen and oxygen atoms in total. The number of ether oxygens (including phenoxy) is 1. The Bertz CT molecular complexity index is 491. The molecule has 2 rings (SSSR count). The smallest absolute Gasteiger partial charge is 0.409 e. The van der Waals surface area contributed by atoms with Crippen LogP contribution in [0.15, 0.2) is 24.3 Å². The number of carbonyl (C=O) groups is 2. The van der Waals surface area contributed by atoms with Gasteiger partial charge in [0, 0.05) is 31.7 Å². The number of carbonyl (C=O) groups excluding carboxylic acids is 2. The zero-order valence-electron chi connectivity index (χ0n) is 12.7. The fraction of sp³-hybridized carbons (Fsp3) is 0.500. The normalized spacial score (nSPS) is 15.0. The van der Waals surface area contributed by atoms with Crippen LogP contribution in [-0.2, 0) is 11.2 Å². The van der Waals surface area contributed by atoms with Crippen molar-refractivity contribution in [2.75, 3.05) is 32.8 Å². The molecular weight excluding hydrogens is 268 g/mol. The van der Waals surface area contributed by atoms with E-state index in [2.05, 4.69) is 6.92 Å². The predicted molar refractivity (Wildman–Crippen MR) is 80.3 cm³/mol. The highest BCUT2D eigenvalue weighted by molar-refractivity contribution is 5.94. The molecule has 1 aliphatic heterocycles. The van der Waals surface area contributed by atoms with Crippen LogP contribution in [0.2, 0.25) is 0 Å². The van der Waals surface area contributed by atoms with Crippen molar-refractivity contribution >= 4 is 12.0 Å². The van der Waals surface area contributed by atoms with Crippen molar-refractivity contribution in [2.45, 2.75) is 20.3 Å². The number of amides is 2. The van der Waals surface area contributed by atoms with E-state index in [0.29, 0.717) is 38.3 Å². The van der Waals surface area contributed by atoms with Gasteiger partial charge in [-0.15, -0.1) is 0 Å². The van der Waals surface area contributed by atoms with Gasteiger partial charge >= 0.3 is 6.09 Å². The van der Waals surface area contributed by atoms with Gasteiger partial charge in [0.25, 0.3) is 5.91 Å². The molecule has 0 unspecified atom stereocenters. The minimum Gasteiger partial charge on any atom is -0.450 e. The molecule has 1 fully saturated rings. The predicted octanol–water partition coefficient (Wildman–Crippen LogP) is 2.16. The maximum Gasteiger partial charge on any atom is 0.409 e. The molecule has 1 heterocycles. The molecule has 0 saturated carbocycles. The highest BCUT2D eigenvalue weighted by Gasteiger charge is 2.25. The zero-order chi connectivity index (χ0) is 15.2. The summed E-state index contributed by atoms with van der Waals surface area (Å²) in [4.78, 5) is 27.4. The third-order valence-electron chi connectivity index (χ3n) is 3.70. The van der Waals surface area contributed by atoms with E-state index in [1.165, 1.54) is 5.56 Å². The second kappa shape index (κ2) is 7.11. The lowest BCUT2D eigenvalue weighted by molar-refractivity contribution is 0.0570. The van der Waals surface area contributed by atoms with Gasteiger partial charge in [0.15, 0.2) is 0 Å². The quantitative estimate of drug-likeness (QED) is 0.857. The van der Waals surface area contributed by atoms with Crippen molar-refractivity contribution in [1.82, 2.24) is 9.80 Å². The summed E-state index contributed by atoms with van der Waals surface area (Å²) >= 11 is 0. The van der Waals surface area contributed by atoms with Gasteiger partial charge in [-0.1, -0.05) is 19.1 Å². The van der Waals surface area contributed by atoms with Crippen LogP contribution in [0.1, 0.15) is 29.8 Å². The van der Waals surface area contributed by atoms with Gasteiger partial charge < -0.3 is 14.5 Å². The maximum atomic E-state index is 12.4. The molecule has 0 spiro atoms. The minimum atomic E-state index is -0.295. The second-order valence-electron chi connectivity index (χ2n) is 5.03. The monoisotopic (exact) mass is 290 g/mol. The molecule has 1 aromatic carbocycles. The summed E-state index contributed by atoms with van der Waals surface area (Å²) in [5, 5.41) is 0. The van der Waals surface area contributed by atoms with Crippen LogP contribution < -0.4 is 0 Å². The number of benzene rings is 1. The first kappa shape index (κ1) is 15.4. The molecular formula is C16H22N2O3. The number of aryl methyl sites for hydroxylation is 1. The van der Waals surface area contributed by atoms with Crippen LogP contribution in [0.5, 0.6) is 0 Å².